The summed E-state index contributed by atoms with van der Waals surface area (Å²) < 4.78 is 6.04. The lowest BCUT2D eigenvalue weighted by Gasteiger charge is -2.08. The van der Waals surface area contributed by atoms with Gasteiger partial charge in [0.05, 0.1) is 23.8 Å². The van der Waals surface area contributed by atoms with Crippen LogP contribution < -0.4 is 10.9 Å². The largest absolute Gasteiger partial charge is 0.351 e. The zero-order valence-corrected chi connectivity index (χ0v) is 11.2. The highest BCUT2D eigenvalue weighted by Gasteiger charge is 2.12. The molecule has 106 valence electrons. The zero-order chi connectivity index (χ0) is 14.8. The second-order valence-corrected chi connectivity index (χ2v) is 4.48. The van der Waals surface area contributed by atoms with Gasteiger partial charge < -0.3 is 9.84 Å². The average molecular weight is 284 g/mol. The van der Waals surface area contributed by atoms with E-state index < -0.39 is 0 Å². The maximum absolute atomic E-state index is 12.0. The molecule has 0 atom stereocenters. The van der Waals surface area contributed by atoms with E-state index in [1.54, 1.807) is 25.2 Å². The van der Waals surface area contributed by atoms with Gasteiger partial charge in [-0.15, -0.1) is 0 Å². The SMILES string of the molecule is Cn1nc(CNC(=O)c2ccno2)c2ccccc2c1=O. The first-order chi connectivity index (χ1) is 10.2. The molecule has 2 heterocycles. The predicted octanol–water partition coefficient (Wildman–Crippen LogP) is 0.851. The van der Waals surface area contributed by atoms with E-state index in [1.165, 1.54) is 16.9 Å². The number of amides is 1. The first kappa shape index (κ1) is 13.0. The van der Waals surface area contributed by atoms with E-state index >= 15 is 0 Å². The highest BCUT2D eigenvalue weighted by Crippen LogP contribution is 2.12. The van der Waals surface area contributed by atoms with Crippen molar-refractivity contribution in [3.05, 3.63) is 58.3 Å². The molecule has 7 nitrogen and oxygen atoms in total. The molecule has 7 heteroatoms. The number of nitrogens with one attached hydrogen (secondary N) is 1. The van der Waals surface area contributed by atoms with E-state index in [1.807, 2.05) is 6.07 Å². The Balaban J connectivity index is 1.93. The highest BCUT2D eigenvalue weighted by atomic mass is 16.5. The molecule has 0 unspecified atom stereocenters. The Kier molecular flexibility index (Phi) is 3.23. The van der Waals surface area contributed by atoms with Crippen LogP contribution in [0.25, 0.3) is 10.8 Å². The standard InChI is InChI=1S/C14H12N4O3/c1-18-14(20)10-5-3-2-4-9(10)11(17-18)8-15-13(19)12-6-7-16-21-12/h2-7H,8H2,1H3,(H,15,19). The zero-order valence-electron chi connectivity index (χ0n) is 11.2. The van der Waals surface area contributed by atoms with Gasteiger partial charge in [0, 0.05) is 18.5 Å². The van der Waals surface area contributed by atoms with Gasteiger partial charge in [-0.3, -0.25) is 9.59 Å². The van der Waals surface area contributed by atoms with E-state index in [4.69, 9.17) is 4.52 Å². The smallest absolute Gasteiger partial charge is 0.290 e. The normalized spacial score (nSPS) is 10.7. The number of aromatic nitrogens is 3. The summed E-state index contributed by atoms with van der Waals surface area (Å²) in [6.07, 6.45) is 1.40. The molecular weight excluding hydrogens is 272 g/mol. The molecule has 0 radical (unpaired) electrons. The molecule has 1 amide bonds. The van der Waals surface area contributed by atoms with Crippen molar-refractivity contribution in [2.75, 3.05) is 0 Å². The quantitative estimate of drug-likeness (QED) is 0.770. The summed E-state index contributed by atoms with van der Waals surface area (Å²) >= 11 is 0. The van der Waals surface area contributed by atoms with Crippen molar-refractivity contribution >= 4 is 16.7 Å². The lowest BCUT2D eigenvalue weighted by atomic mass is 10.1. The molecular formula is C14H12N4O3. The summed E-state index contributed by atoms with van der Waals surface area (Å²) in [5.74, 6) is -0.253. The maximum atomic E-state index is 12.0. The van der Waals surface area contributed by atoms with Crippen molar-refractivity contribution in [2.24, 2.45) is 7.05 Å². The van der Waals surface area contributed by atoms with Gasteiger partial charge in [0.1, 0.15) is 0 Å². The second-order valence-electron chi connectivity index (χ2n) is 4.48. The fourth-order valence-corrected chi connectivity index (χ4v) is 2.09. The molecule has 1 aromatic carbocycles. The van der Waals surface area contributed by atoms with Crippen LogP contribution in [0.15, 0.2) is 45.8 Å². The van der Waals surface area contributed by atoms with Crippen LogP contribution in [0, 0.1) is 0 Å². The molecule has 0 spiro atoms. The molecule has 0 aliphatic rings. The van der Waals surface area contributed by atoms with E-state index in [2.05, 4.69) is 15.6 Å². The van der Waals surface area contributed by atoms with Crippen LogP contribution in [-0.4, -0.2) is 20.8 Å². The lowest BCUT2D eigenvalue weighted by Crippen LogP contribution is -2.27. The summed E-state index contributed by atoms with van der Waals surface area (Å²) in [6, 6.07) is 8.63. The van der Waals surface area contributed by atoms with Gasteiger partial charge in [-0.2, -0.15) is 5.10 Å². The Morgan fingerprint density at radius 3 is 2.76 bits per heavy atom. The van der Waals surface area contributed by atoms with Crippen molar-refractivity contribution < 1.29 is 9.32 Å². The minimum Gasteiger partial charge on any atom is -0.351 e. The predicted molar refractivity (Wildman–Crippen MR) is 74.7 cm³/mol. The van der Waals surface area contributed by atoms with Gasteiger partial charge in [-0.25, -0.2) is 4.68 Å². The van der Waals surface area contributed by atoms with Gasteiger partial charge in [0.2, 0.25) is 5.76 Å². The summed E-state index contributed by atoms with van der Waals surface area (Å²) in [6.45, 7) is 0.189. The van der Waals surface area contributed by atoms with E-state index in [9.17, 15) is 9.59 Å². The van der Waals surface area contributed by atoms with E-state index in [0.717, 1.165) is 5.39 Å². The minimum absolute atomic E-state index is 0.129. The van der Waals surface area contributed by atoms with Crippen LogP contribution in [0.3, 0.4) is 0 Å². The molecule has 0 saturated heterocycles. The minimum atomic E-state index is -0.382. The van der Waals surface area contributed by atoms with Crippen molar-refractivity contribution in [1.29, 1.82) is 0 Å². The molecule has 2 aromatic heterocycles. The Hall–Kier alpha value is -2.96. The van der Waals surface area contributed by atoms with Crippen LogP contribution in [0.1, 0.15) is 16.2 Å². The lowest BCUT2D eigenvalue weighted by molar-refractivity contribution is 0.0913. The number of carbonyl (C=O) groups excluding carboxylic acids is 1. The molecule has 0 saturated carbocycles. The van der Waals surface area contributed by atoms with Crippen LogP contribution in [0.5, 0.6) is 0 Å². The van der Waals surface area contributed by atoms with Crippen LogP contribution in [0.4, 0.5) is 0 Å². The number of aryl methyl sites for hydroxylation is 1. The topological polar surface area (TPSA) is 90.0 Å². The third kappa shape index (κ3) is 2.40. The van der Waals surface area contributed by atoms with Gasteiger partial charge in [0.15, 0.2) is 0 Å². The Labute approximate surface area is 119 Å². The van der Waals surface area contributed by atoms with Crippen LogP contribution in [-0.2, 0) is 13.6 Å². The molecule has 21 heavy (non-hydrogen) atoms. The van der Waals surface area contributed by atoms with Gasteiger partial charge in [0.25, 0.3) is 11.5 Å². The summed E-state index contributed by atoms with van der Waals surface area (Å²) in [7, 11) is 1.58. The third-order valence-corrected chi connectivity index (χ3v) is 3.11. The van der Waals surface area contributed by atoms with Crippen LogP contribution in [0.2, 0.25) is 0 Å². The number of benzene rings is 1. The summed E-state index contributed by atoms with van der Waals surface area (Å²) in [5, 5.41) is 11.7. The molecule has 0 aliphatic heterocycles. The third-order valence-electron chi connectivity index (χ3n) is 3.11. The van der Waals surface area contributed by atoms with Crippen LogP contribution >= 0.6 is 0 Å². The van der Waals surface area contributed by atoms with Gasteiger partial charge in [-0.1, -0.05) is 23.4 Å². The summed E-state index contributed by atoms with van der Waals surface area (Å²) in [4.78, 5) is 23.8. The molecule has 0 fully saturated rings. The van der Waals surface area contributed by atoms with Crippen molar-refractivity contribution in [2.45, 2.75) is 6.54 Å². The maximum Gasteiger partial charge on any atom is 0.290 e. The number of hydrogen-bond donors (Lipinski definition) is 1. The fourth-order valence-electron chi connectivity index (χ4n) is 2.09. The highest BCUT2D eigenvalue weighted by molar-refractivity contribution is 5.91. The average Bonchev–Trinajstić information content (AvgIpc) is 3.03. The molecule has 1 N–H and O–H groups in total. The Morgan fingerprint density at radius 2 is 2.05 bits per heavy atom. The molecule has 3 rings (SSSR count). The number of fused-ring (bicyclic) bond motifs is 1. The number of hydrogen-bond acceptors (Lipinski definition) is 5. The number of nitrogens with zero attached hydrogens (tertiary/aromatic N) is 3. The number of carbonyl (C=O) groups is 1. The van der Waals surface area contributed by atoms with E-state index in [0.29, 0.717) is 11.1 Å². The molecule has 0 aliphatic carbocycles. The van der Waals surface area contributed by atoms with E-state index in [-0.39, 0.29) is 23.8 Å². The van der Waals surface area contributed by atoms with Gasteiger partial charge in [-0.05, 0) is 6.07 Å². The Morgan fingerprint density at radius 1 is 1.29 bits per heavy atom. The second kappa shape index (κ2) is 5.20. The molecule has 0 bridgehead atoms. The summed E-state index contributed by atoms with van der Waals surface area (Å²) in [5.41, 5.74) is 0.441. The fraction of sp³-hybridized carbons (Fsp3) is 0.143. The van der Waals surface area contributed by atoms with Crippen molar-refractivity contribution in [3.63, 3.8) is 0 Å². The van der Waals surface area contributed by atoms with Crippen molar-refractivity contribution in [3.8, 4) is 0 Å². The number of rotatable bonds is 3. The monoisotopic (exact) mass is 284 g/mol. The molecule has 3 aromatic rings. The van der Waals surface area contributed by atoms with Gasteiger partial charge >= 0.3 is 0 Å². The van der Waals surface area contributed by atoms with Crippen molar-refractivity contribution in [1.82, 2.24) is 20.3 Å². The first-order valence-corrected chi connectivity index (χ1v) is 6.30. The first-order valence-electron chi connectivity index (χ1n) is 6.30. The Bertz CT molecular complexity index is 852.